The number of amides is 1. The smallest absolute Gasteiger partial charge is 0.292 e. The molecule has 0 aliphatic carbocycles. The van der Waals surface area contributed by atoms with Crippen molar-refractivity contribution in [3.05, 3.63) is 70.1 Å². The molecule has 1 aromatic heterocycles. The number of rotatable bonds is 5. The lowest BCUT2D eigenvalue weighted by Gasteiger charge is -2.09. The molecule has 2 aromatic carbocycles. The monoisotopic (exact) mass is 363 g/mol. The largest absolute Gasteiger partial charge is 0.399 e. The third kappa shape index (κ3) is 3.87. The van der Waals surface area contributed by atoms with Crippen LogP contribution in [0.2, 0.25) is 0 Å². The Hall–Kier alpha value is -3.48. The maximum Gasteiger partial charge on any atom is 0.292 e. The van der Waals surface area contributed by atoms with E-state index in [1.807, 2.05) is 19.1 Å². The Kier molecular flexibility index (Phi) is 5.30. The zero-order chi connectivity index (χ0) is 19.4. The number of nitrogens with zero attached hydrogens (tertiary/aromatic N) is 3. The van der Waals surface area contributed by atoms with Gasteiger partial charge in [-0.25, -0.2) is 10.1 Å². The average molecular weight is 363 g/mol. The highest BCUT2D eigenvalue weighted by Gasteiger charge is 2.16. The highest BCUT2D eigenvalue weighted by molar-refractivity contribution is 6.06. The van der Waals surface area contributed by atoms with E-state index in [1.165, 1.54) is 4.68 Å². The van der Waals surface area contributed by atoms with Crippen LogP contribution in [0.25, 0.3) is 10.8 Å². The van der Waals surface area contributed by atoms with Crippen LogP contribution < -0.4 is 16.7 Å². The highest BCUT2D eigenvalue weighted by Crippen LogP contribution is 2.13. The number of aryl methyl sites for hydroxylation is 1. The maximum atomic E-state index is 12.7. The van der Waals surface area contributed by atoms with E-state index < -0.39 is 5.91 Å². The Labute approximate surface area is 156 Å². The van der Waals surface area contributed by atoms with Crippen LogP contribution in [0.3, 0.4) is 0 Å². The number of carbonyl (C=O) groups is 1. The van der Waals surface area contributed by atoms with Gasteiger partial charge in [0.1, 0.15) is 0 Å². The molecule has 0 saturated carbocycles. The lowest BCUT2D eigenvalue weighted by molar-refractivity contribution is 0.0949. The van der Waals surface area contributed by atoms with Crippen LogP contribution in [0.5, 0.6) is 0 Å². The van der Waals surface area contributed by atoms with E-state index in [0.717, 1.165) is 12.0 Å². The molecule has 0 atom stereocenters. The maximum absolute atomic E-state index is 12.7. The van der Waals surface area contributed by atoms with Crippen molar-refractivity contribution in [3.63, 3.8) is 0 Å². The van der Waals surface area contributed by atoms with E-state index in [0.29, 0.717) is 28.7 Å². The van der Waals surface area contributed by atoms with Gasteiger partial charge in [0.05, 0.1) is 11.1 Å². The summed E-state index contributed by atoms with van der Waals surface area (Å²) in [5.74, 6) is -0.473. The number of hydrazone groups is 1. The van der Waals surface area contributed by atoms with Crippen molar-refractivity contribution in [1.29, 1.82) is 0 Å². The quantitative estimate of drug-likeness (QED) is 0.413. The van der Waals surface area contributed by atoms with Gasteiger partial charge in [0, 0.05) is 17.6 Å². The lowest BCUT2D eigenvalue weighted by atomic mass is 10.1. The molecule has 138 valence electrons. The van der Waals surface area contributed by atoms with Crippen LogP contribution >= 0.6 is 0 Å². The first kappa shape index (κ1) is 18.3. The molecule has 7 nitrogen and oxygen atoms in total. The fraction of sp³-hybridized carbons (Fsp3) is 0.200. The number of anilines is 1. The summed E-state index contributed by atoms with van der Waals surface area (Å²) in [7, 11) is 0. The summed E-state index contributed by atoms with van der Waals surface area (Å²) in [4.78, 5) is 25.2. The van der Waals surface area contributed by atoms with Gasteiger partial charge in [0.15, 0.2) is 5.69 Å². The second-order valence-electron chi connectivity index (χ2n) is 6.19. The summed E-state index contributed by atoms with van der Waals surface area (Å²) in [6.45, 7) is 4.16. The summed E-state index contributed by atoms with van der Waals surface area (Å²) in [5.41, 5.74) is 10.3. The minimum Gasteiger partial charge on any atom is -0.399 e. The van der Waals surface area contributed by atoms with Crippen LogP contribution in [-0.4, -0.2) is 21.4 Å². The predicted molar refractivity (Wildman–Crippen MR) is 107 cm³/mol. The Morgan fingerprint density at radius 1 is 1.19 bits per heavy atom. The molecule has 0 unspecified atom stereocenters. The van der Waals surface area contributed by atoms with Gasteiger partial charge >= 0.3 is 0 Å². The van der Waals surface area contributed by atoms with Gasteiger partial charge in [-0.05, 0) is 37.1 Å². The van der Waals surface area contributed by atoms with Crippen molar-refractivity contribution >= 4 is 28.1 Å². The number of benzene rings is 2. The molecule has 3 aromatic rings. The van der Waals surface area contributed by atoms with Crippen LogP contribution in [0.1, 0.15) is 36.3 Å². The number of hydrogen-bond donors (Lipinski definition) is 2. The van der Waals surface area contributed by atoms with Crippen LogP contribution in [-0.2, 0) is 6.54 Å². The molecule has 0 saturated heterocycles. The Bertz CT molecular complexity index is 1090. The topological polar surface area (TPSA) is 102 Å². The number of nitrogens with one attached hydrogen (secondary N) is 1. The van der Waals surface area contributed by atoms with Crippen LogP contribution in [0.4, 0.5) is 5.69 Å². The molecule has 0 spiro atoms. The van der Waals surface area contributed by atoms with Gasteiger partial charge in [-0.15, -0.1) is 0 Å². The fourth-order valence-electron chi connectivity index (χ4n) is 2.78. The minimum atomic E-state index is -0.473. The zero-order valence-electron chi connectivity index (χ0n) is 15.3. The third-order valence-corrected chi connectivity index (χ3v) is 4.15. The number of fused-ring (bicyclic) bond motifs is 1. The van der Waals surface area contributed by atoms with Gasteiger partial charge in [-0.2, -0.15) is 10.2 Å². The van der Waals surface area contributed by atoms with E-state index >= 15 is 0 Å². The Morgan fingerprint density at radius 3 is 2.63 bits per heavy atom. The SMILES string of the molecule is CCCn1nc(C(=O)N/N=C(/C)c2cccc(N)c2)c2ccccc2c1=O. The number of aromatic nitrogens is 2. The fourth-order valence-corrected chi connectivity index (χ4v) is 2.78. The van der Waals surface area contributed by atoms with Crippen LogP contribution in [0, 0.1) is 0 Å². The molecule has 1 amide bonds. The van der Waals surface area contributed by atoms with Crippen molar-refractivity contribution in [2.45, 2.75) is 26.8 Å². The van der Waals surface area contributed by atoms with Crippen molar-refractivity contribution < 1.29 is 4.79 Å². The number of hydrogen-bond acceptors (Lipinski definition) is 5. The second kappa shape index (κ2) is 7.82. The van der Waals surface area contributed by atoms with Crippen LogP contribution in [0.15, 0.2) is 58.4 Å². The first-order valence-corrected chi connectivity index (χ1v) is 8.71. The molecule has 7 heteroatoms. The molecule has 0 radical (unpaired) electrons. The van der Waals surface area contributed by atoms with E-state index in [1.54, 1.807) is 43.3 Å². The van der Waals surface area contributed by atoms with Gasteiger partial charge in [-0.1, -0.05) is 37.3 Å². The molecule has 0 bridgehead atoms. The second-order valence-corrected chi connectivity index (χ2v) is 6.19. The lowest BCUT2D eigenvalue weighted by Crippen LogP contribution is -2.29. The first-order chi connectivity index (χ1) is 13.0. The Morgan fingerprint density at radius 2 is 1.93 bits per heavy atom. The number of nitrogen functional groups attached to an aromatic ring is 1. The summed E-state index contributed by atoms with van der Waals surface area (Å²) in [5, 5.41) is 9.37. The van der Waals surface area contributed by atoms with E-state index in [9.17, 15) is 9.59 Å². The summed E-state index contributed by atoms with van der Waals surface area (Å²) in [6.07, 6.45) is 0.735. The molecular weight excluding hydrogens is 342 g/mol. The molecular formula is C20H21N5O2. The molecule has 0 fully saturated rings. The highest BCUT2D eigenvalue weighted by atomic mass is 16.2. The van der Waals surface area contributed by atoms with Gasteiger partial charge in [-0.3, -0.25) is 9.59 Å². The van der Waals surface area contributed by atoms with E-state index in [-0.39, 0.29) is 11.3 Å². The summed E-state index contributed by atoms with van der Waals surface area (Å²) >= 11 is 0. The summed E-state index contributed by atoms with van der Waals surface area (Å²) in [6, 6.07) is 14.2. The summed E-state index contributed by atoms with van der Waals surface area (Å²) < 4.78 is 1.33. The standard InChI is InChI=1S/C20H21N5O2/c1-3-11-25-20(27)17-10-5-4-9-16(17)18(24-25)19(26)23-22-13(2)14-7-6-8-15(21)12-14/h4-10,12H,3,11,21H2,1-2H3,(H,23,26)/b22-13-. The molecule has 0 aliphatic heterocycles. The van der Waals surface area contributed by atoms with E-state index in [4.69, 9.17) is 5.73 Å². The number of carbonyl (C=O) groups excluding carboxylic acids is 1. The zero-order valence-corrected chi connectivity index (χ0v) is 15.3. The molecule has 1 heterocycles. The van der Waals surface area contributed by atoms with E-state index in [2.05, 4.69) is 15.6 Å². The van der Waals surface area contributed by atoms with Gasteiger partial charge < -0.3 is 5.73 Å². The third-order valence-electron chi connectivity index (χ3n) is 4.15. The predicted octanol–water partition coefficient (Wildman–Crippen LogP) is 2.54. The van der Waals surface area contributed by atoms with Gasteiger partial charge in [0.25, 0.3) is 11.5 Å². The molecule has 3 N–H and O–H groups in total. The van der Waals surface area contributed by atoms with Crippen molar-refractivity contribution in [3.8, 4) is 0 Å². The number of nitrogens with two attached hydrogens (primary N) is 1. The minimum absolute atomic E-state index is 0.169. The van der Waals surface area contributed by atoms with Crippen molar-refractivity contribution in [2.24, 2.45) is 5.10 Å². The molecule has 27 heavy (non-hydrogen) atoms. The Balaban J connectivity index is 1.97. The van der Waals surface area contributed by atoms with Crippen molar-refractivity contribution in [2.75, 3.05) is 5.73 Å². The molecule has 3 rings (SSSR count). The molecule has 0 aliphatic rings. The normalized spacial score (nSPS) is 11.6. The average Bonchev–Trinajstić information content (AvgIpc) is 2.68. The van der Waals surface area contributed by atoms with Crippen molar-refractivity contribution in [1.82, 2.24) is 15.2 Å². The van der Waals surface area contributed by atoms with Gasteiger partial charge in [0.2, 0.25) is 0 Å². The first-order valence-electron chi connectivity index (χ1n) is 8.71.